The van der Waals surface area contributed by atoms with Gasteiger partial charge in [-0.25, -0.2) is 0 Å². The van der Waals surface area contributed by atoms with E-state index in [4.69, 9.17) is 19.9 Å². The van der Waals surface area contributed by atoms with E-state index in [2.05, 4.69) is 6.92 Å². The van der Waals surface area contributed by atoms with E-state index in [-0.39, 0.29) is 12.3 Å². The van der Waals surface area contributed by atoms with Gasteiger partial charge >= 0.3 is 17.9 Å². The van der Waals surface area contributed by atoms with Gasteiger partial charge in [-0.15, -0.1) is 0 Å². The Morgan fingerprint density at radius 2 is 1.70 bits per heavy atom. The van der Waals surface area contributed by atoms with Crippen molar-refractivity contribution in [3.63, 3.8) is 0 Å². The molecular formula is C20H35NO6. The van der Waals surface area contributed by atoms with Crippen molar-refractivity contribution in [3.8, 4) is 0 Å². The summed E-state index contributed by atoms with van der Waals surface area (Å²) in [5.41, 5.74) is 5.82. The van der Waals surface area contributed by atoms with Crippen LogP contribution >= 0.6 is 0 Å². The summed E-state index contributed by atoms with van der Waals surface area (Å²) in [7, 11) is 0. The van der Waals surface area contributed by atoms with Gasteiger partial charge in [0, 0.05) is 6.42 Å². The summed E-state index contributed by atoms with van der Waals surface area (Å²) in [6, 6.07) is -1.07. The van der Waals surface area contributed by atoms with Gasteiger partial charge in [0.2, 0.25) is 0 Å². The third kappa shape index (κ3) is 7.48. The molecule has 1 aliphatic rings. The van der Waals surface area contributed by atoms with E-state index in [0.717, 1.165) is 25.7 Å². The molecule has 1 fully saturated rings. The molecule has 2 N–H and O–H groups in total. The lowest BCUT2D eigenvalue weighted by Crippen LogP contribution is -2.44. The van der Waals surface area contributed by atoms with Crippen molar-refractivity contribution >= 4 is 17.9 Å². The topological polar surface area (TPSA) is 105 Å². The highest BCUT2D eigenvalue weighted by Gasteiger charge is 2.42. The number of hydrogen-bond acceptors (Lipinski definition) is 7. The van der Waals surface area contributed by atoms with Crippen LogP contribution in [0.4, 0.5) is 0 Å². The minimum atomic E-state index is -1.07. The van der Waals surface area contributed by atoms with E-state index in [0.29, 0.717) is 6.42 Å². The number of carbonyl (C=O) groups excluding carboxylic acids is 3. The summed E-state index contributed by atoms with van der Waals surface area (Å²) >= 11 is 0. The molecule has 0 aliphatic carbocycles. The predicted molar refractivity (Wildman–Crippen MR) is 101 cm³/mol. The minimum Gasteiger partial charge on any atom is -0.460 e. The number of carbonyl (C=O) groups is 3. The fraction of sp³-hybridized carbons (Fsp3) is 0.850. The first-order valence-corrected chi connectivity index (χ1v) is 10.0. The molecule has 1 aliphatic heterocycles. The van der Waals surface area contributed by atoms with E-state index in [9.17, 15) is 14.4 Å². The van der Waals surface area contributed by atoms with Gasteiger partial charge in [-0.05, 0) is 26.2 Å². The molecule has 0 saturated carbocycles. The number of ether oxygens (including phenoxy) is 3. The Bertz CT molecular complexity index is 507. The summed E-state index contributed by atoms with van der Waals surface area (Å²) in [6.07, 6.45) is 2.16. The highest BCUT2D eigenvalue weighted by Crippen LogP contribution is 2.26. The zero-order valence-corrected chi connectivity index (χ0v) is 17.2. The SMILES string of the molecule is CCCCCC[C@H]1C(=O)O[C@H](C)[C@H](N)C(=O)O[C@@H](C)[C@@H]1OC(=O)CC(C)C. The molecule has 7 nitrogen and oxygen atoms in total. The molecule has 1 rings (SSSR count). The Kier molecular flexibility index (Phi) is 9.77. The number of esters is 3. The third-order valence-electron chi connectivity index (χ3n) is 4.76. The summed E-state index contributed by atoms with van der Waals surface area (Å²) in [6.45, 7) is 9.11. The summed E-state index contributed by atoms with van der Waals surface area (Å²) in [5.74, 6) is -2.15. The second-order valence-electron chi connectivity index (χ2n) is 7.82. The number of hydrogen-bond donors (Lipinski definition) is 1. The lowest BCUT2D eigenvalue weighted by atomic mass is 9.92. The molecular weight excluding hydrogens is 350 g/mol. The van der Waals surface area contributed by atoms with Crippen LogP contribution in [-0.2, 0) is 28.6 Å². The molecule has 1 saturated heterocycles. The van der Waals surface area contributed by atoms with Gasteiger partial charge in [0.15, 0.2) is 6.10 Å². The smallest absolute Gasteiger partial charge is 0.327 e. The molecule has 1 heterocycles. The molecule has 7 heteroatoms. The van der Waals surface area contributed by atoms with Crippen molar-refractivity contribution in [2.75, 3.05) is 0 Å². The molecule has 0 amide bonds. The van der Waals surface area contributed by atoms with Gasteiger partial charge in [-0.1, -0.05) is 46.5 Å². The summed E-state index contributed by atoms with van der Waals surface area (Å²) in [5, 5.41) is 0. The van der Waals surface area contributed by atoms with E-state index < -0.39 is 48.2 Å². The Labute approximate surface area is 162 Å². The van der Waals surface area contributed by atoms with Crippen LogP contribution in [0.3, 0.4) is 0 Å². The standard InChI is InChI=1S/C20H35NO6/c1-6-7-8-9-10-15-18(27-16(22)11-12(2)3)14(5)26-20(24)17(21)13(4)25-19(15)23/h12-15,17-18H,6-11,21H2,1-5H3/t13-,14+,15-,17+,18+/m1/s1. The molecule has 156 valence electrons. The molecule has 5 atom stereocenters. The number of unbranched alkanes of at least 4 members (excludes halogenated alkanes) is 3. The van der Waals surface area contributed by atoms with E-state index >= 15 is 0 Å². The van der Waals surface area contributed by atoms with Crippen molar-refractivity contribution in [2.45, 2.75) is 97.5 Å². The average Bonchev–Trinajstić information content (AvgIpc) is 2.59. The molecule has 0 aromatic heterocycles. The van der Waals surface area contributed by atoms with Crippen LogP contribution in [0.1, 0.15) is 73.1 Å². The van der Waals surface area contributed by atoms with Crippen LogP contribution in [0.15, 0.2) is 0 Å². The van der Waals surface area contributed by atoms with Gasteiger partial charge < -0.3 is 19.9 Å². The highest BCUT2D eigenvalue weighted by molar-refractivity contribution is 5.79. The summed E-state index contributed by atoms with van der Waals surface area (Å²) in [4.78, 5) is 37.2. The second-order valence-corrected chi connectivity index (χ2v) is 7.82. The molecule has 0 aromatic rings. The van der Waals surface area contributed by atoms with Gasteiger partial charge in [0.25, 0.3) is 0 Å². The molecule has 27 heavy (non-hydrogen) atoms. The Morgan fingerprint density at radius 1 is 1.07 bits per heavy atom. The van der Waals surface area contributed by atoms with Crippen LogP contribution in [0.25, 0.3) is 0 Å². The van der Waals surface area contributed by atoms with Gasteiger partial charge in [-0.2, -0.15) is 0 Å². The average molecular weight is 386 g/mol. The van der Waals surface area contributed by atoms with Crippen LogP contribution in [0.5, 0.6) is 0 Å². The highest BCUT2D eigenvalue weighted by atomic mass is 16.6. The van der Waals surface area contributed by atoms with E-state index in [1.54, 1.807) is 13.8 Å². The Balaban J connectivity index is 3.05. The lowest BCUT2D eigenvalue weighted by molar-refractivity contribution is -0.175. The van der Waals surface area contributed by atoms with Gasteiger partial charge in [-0.3, -0.25) is 14.4 Å². The van der Waals surface area contributed by atoms with Gasteiger partial charge in [0.05, 0.1) is 5.92 Å². The molecule has 0 aromatic carbocycles. The van der Waals surface area contributed by atoms with Crippen molar-refractivity contribution in [1.29, 1.82) is 0 Å². The largest absolute Gasteiger partial charge is 0.460 e. The Morgan fingerprint density at radius 3 is 2.30 bits per heavy atom. The first-order chi connectivity index (χ1) is 12.7. The first-order valence-electron chi connectivity index (χ1n) is 10.0. The van der Waals surface area contributed by atoms with Crippen LogP contribution in [-0.4, -0.2) is 42.3 Å². The first kappa shape index (κ1) is 23.4. The number of cyclic esters (lactones) is 2. The normalized spacial score (nSPS) is 29.4. The fourth-order valence-electron chi connectivity index (χ4n) is 3.11. The third-order valence-corrected chi connectivity index (χ3v) is 4.76. The van der Waals surface area contributed by atoms with E-state index in [1.165, 1.54) is 0 Å². The number of nitrogens with two attached hydrogens (primary N) is 1. The van der Waals surface area contributed by atoms with Crippen LogP contribution in [0.2, 0.25) is 0 Å². The zero-order chi connectivity index (χ0) is 20.6. The van der Waals surface area contributed by atoms with Crippen molar-refractivity contribution in [2.24, 2.45) is 17.6 Å². The fourth-order valence-corrected chi connectivity index (χ4v) is 3.11. The quantitative estimate of drug-likeness (QED) is 0.389. The van der Waals surface area contributed by atoms with Crippen molar-refractivity contribution in [1.82, 2.24) is 0 Å². The summed E-state index contributed by atoms with van der Waals surface area (Å²) < 4.78 is 16.4. The zero-order valence-electron chi connectivity index (χ0n) is 17.2. The molecule has 0 radical (unpaired) electrons. The predicted octanol–water partition coefficient (Wildman–Crippen LogP) is 2.74. The molecule has 0 unspecified atom stereocenters. The van der Waals surface area contributed by atoms with E-state index in [1.807, 2.05) is 13.8 Å². The van der Waals surface area contributed by atoms with Crippen molar-refractivity contribution in [3.05, 3.63) is 0 Å². The second kappa shape index (κ2) is 11.3. The monoisotopic (exact) mass is 385 g/mol. The molecule has 0 bridgehead atoms. The van der Waals surface area contributed by atoms with Crippen LogP contribution in [0, 0.1) is 11.8 Å². The number of rotatable bonds is 8. The maximum atomic E-state index is 12.8. The molecule has 0 spiro atoms. The minimum absolute atomic E-state index is 0.120. The maximum absolute atomic E-state index is 12.8. The van der Waals surface area contributed by atoms with Crippen molar-refractivity contribution < 1.29 is 28.6 Å². The maximum Gasteiger partial charge on any atom is 0.327 e. The lowest BCUT2D eigenvalue weighted by Gasteiger charge is -2.29. The Hall–Kier alpha value is -1.63. The van der Waals surface area contributed by atoms with Crippen LogP contribution < -0.4 is 5.73 Å². The van der Waals surface area contributed by atoms with Gasteiger partial charge in [0.1, 0.15) is 18.2 Å².